The van der Waals surface area contributed by atoms with Crippen LogP contribution < -0.4 is 0 Å². The number of rotatable bonds is 8. The molecule has 8 atom stereocenters. The Morgan fingerprint density at radius 1 is 0.380 bits per heavy atom. The second-order valence-corrected chi connectivity index (χ2v) is 18.2. The van der Waals surface area contributed by atoms with Gasteiger partial charge in [-0.1, -0.05) is 53.4 Å². The van der Waals surface area contributed by atoms with Crippen molar-refractivity contribution in [3.05, 3.63) is 0 Å². The largest absolute Gasteiger partial charge is 0.412 e. The number of halogens is 4. The molecule has 6 rings (SSSR count). The highest BCUT2D eigenvalue weighted by molar-refractivity contribution is 4.89. The predicted molar refractivity (Wildman–Crippen MR) is 205 cm³/mol. The third-order valence-corrected chi connectivity index (χ3v) is 14.5. The highest BCUT2D eigenvalue weighted by atomic mass is 19.2. The molecule has 0 bridgehead atoms. The summed E-state index contributed by atoms with van der Waals surface area (Å²) < 4.78 is 67.5. The van der Waals surface area contributed by atoms with Gasteiger partial charge in [0.05, 0.1) is 12.2 Å². The maximum atomic E-state index is 14.1. The summed E-state index contributed by atoms with van der Waals surface area (Å²) in [4.78, 5) is 0. The SMILES string of the molecule is CC1CCC(C2CCC(COC3CCC(C)C(F)C3F)CC2)CC1.CC1CCC(C2CCC(COC3CCC(C)C(F)C3F)CC2)CC1.O.O.[HH].[HH].[HH].[HH]. The minimum atomic E-state index is -1.42. The Morgan fingerprint density at radius 3 is 0.960 bits per heavy atom. The second-order valence-electron chi connectivity index (χ2n) is 18.2. The Balaban J connectivity index is 0. The first-order valence-corrected chi connectivity index (χ1v) is 20.9. The molecule has 0 aromatic rings. The van der Waals surface area contributed by atoms with E-state index in [1.165, 1.54) is 103 Å². The lowest BCUT2D eigenvalue weighted by Crippen LogP contribution is -2.42. The third-order valence-electron chi connectivity index (χ3n) is 14.5. The van der Waals surface area contributed by atoms with Crippen LogP contribution in [0.15, 0.2) is 0 Å². The van der Waals surface area contributed by atoms with Gasteiger partial charge in [-0.25, -0.2) is 17.6 Å². The molecule has 0 radical (unpaired) electrons. The minimum Gasteiger partial charge on any atom is -0.412 e. The van der Waals surface area contributed by atoms with E-state index in [0.29, 0.717) is 37.9 Å². The van der Waals surface area contributed by atoms with Crippen molar-refractivity contribution < 1.29 is 43.7 Å². The first-order valence-electron chi connectivity index (χ1n) is 20.9. The van der Waals surface area contributed by atoms with Crippen LogP contribution >= 0.6 is 0 Å². The Hall–Kier alpha value is -0.440. The standard InChI is InChI=1S/2C21H36F2O.2H2O.4H2/c2*1-14-3-8-17(9-4-14)18-10-6-16(7-11-18)13-24-19-12-5-15(2)20(22)21(19)23;;;;;;/h2*14-21H,3-13H2,1-2H3;2*1H2;4*1H. The number of hydrogen-bond donors (Lipinski definition) is 0. The molecule has 4 nitrogen and oxygen atoms in total. The van der Waals surface area contributed by atoms with Crippen LogP contribution in [-0.4, -0.2) is 61.1 Å². The smallest absolute Gasteiger partial charge is 0.157 e. The summed E-state index contributed by atoms with van der Waals surface area (Å²) in [7, 11) is 0. The highest BCUT2D eigenvalue weighted by Crippen LogP contribution is 2.43. The maximum Gasteiger partial charge on any atom is 0.157 e. The van der Waals surface area contributed by atoms with Crippen LogP contribution in [0.5, 0.6) is 0 Å². The van der Waals surface area contributed by atoms with Gasteiger partial charge in [0.15, 0.2) is 12.3 Å². The number of ether oxygens (including phenoxy) is 2. The molecule has 4 N–H and O–H groups in total. The average molecular weight is 729 g/mol. The van der Waals surface area contributed by atoms with E-state index in [4.69, 9.17) is 9.47 Å². The van der Waals surface area contributed by atoms with Crippen LogP contribution in [0.1, 0.15) is 162 Å². The van der Waals surface area contributed by atoms with E-state index >= 15 is 0 Å². The van der Waals surface area contributed by atoms with Crippen molar-refractivity contribution in [1.29, 1.82) is 0 Å². The third kappa shape index (κ3) is 12.3. The van der Waals surface area contributed by atoms with Crippen molar-refractivity contribution in [3.8, 4) is 0 Å². The van der Waals surface area contributed by atoms with E-state index in [1.54, 1.807) is 13.8 Å². The maximum absolute atomic E-state index is 14.1. The van der Waals surface area contributed by atoms with Gasteiger partial charge in [-0.05, 0) is 162 Å². The van der Waals surface area contributed by atoms with Crippen molar-refractivity contribution in [2.75, 3.05) is 13.2 Å². The van der Waals surface area contributed by atoms with Crippen LogP contribution in [-0.2, 0) is 9.47 Å². The topological polar surface area (TPSA) is 81.5 Å². The van der Waals surface area contributed by atoms with Crippen LogP contribution in [0.25, 0.3) is 0 Å². The van der Waals surface area contributed by atoms with Crippen molar-refractivity contribution >= 4 is 0 Å². The molecule has 50 heavy (non-hydrogen) atoms. The summed E-state index contributed by atoms with van der Waals surface area (Å²) in [6.07, 6.45) is 17.8. The Bertz CT molecular complexity index is 845. The van der Waals surface area contributed by atoms with Crippen LogP contribution in [0.2, 0.25) is 0 Å². The molecule has 0 aliphatic heterocycles. The summed E-state index contributed by atoms with van der Waals surface area (Å²) in [5.74, 6) is 6.38. The number of hydrogen-bond acceptors (Lipinski definition) is 2. The monoisotopic (exact) mass is 729 g/mol. The van der Waals surface area contributed by atoms with Gasteiger partial charge in [0.2, 0.25) is 0 Å². The average Bonchev–Trinajstić information content (AvgIpc) is 3.10. The summed E-state index contributed by atoms with van der Waals surface area (Å²) in [5.41, 5.74) is 0. The molecule has 6 aliphatic rings. The molecule has 6 fully saturated rings. The van der Waals surface area contributed by atoms with Crippen LogP contribution in [0, 0.1) is 59.2 Å². The fourth-order valence-electron chi connectivity index (χ4n) is 10.6. The van der Waals surface area contributed by atoms with Gasteiger partial charge < -0.3 is 20.4 Å². The summed E-state index contributed by atoms with van der Waals surface area (Å²) >= 11 is 0. The fraction of sp³-hybridized carbons (Fsp3) is 1.00. The van der Waals surface area contributed by atoms with E-state index in [9.17, 15) is 17.6 Å². The van der Waals surface area contributed by atoms with Crippen LogP contribution in [0.4, 0.5) is 17.6 Å². The first-order chi connectivity index (χ1) is 23.1. The molecule has 0 amide bonds. The van der Waals surface area contributed by atoms with E-state index < -0.39 is 36.9 Å². The molecule has 304 valence electrons. The normalized spacial score (nSPS) is 45.6. The minimum absolute atomic E-state index is 0. The molecule has 6 saturated carbocycles. The summed E-state index contributed by atoms with van der Waals surface area (Å²) in [5, 5.41) is 0. The predicted octanol–water partition coefficient (Wildman–Crippen LogP) is 11.6. The van der Waals surface area contributed by atoms with Gasteiger partial charge in [-0.15, -0.1) is 0 Å². The molecule has 0 spiro atoms. The van der Waals surface area contributed by atoms with Crippen molar-refractivity contribution in [2.45, 2.75) is 193 Å². The van der Waals surface area contributed by atoms with E-state index in [-0.39, 0.29) is 28.5 Å². The van der Waals surface area contributed by atoms with Crippen LogP contribution in [0.3, 0.4) is 0 Å². The molecular formula is C42H84F4O4. The molecular weight excluding hydrogens is 644 g/mol. The van der Waals surface area contributed by atoms with Gasteiger partial charge in [0.25, 0.3) is 0 Å². The summed E-state index contributed by atoms with van der Waals surface area (Å²) in [6.45, 7) is 9.66. The lowest BCUT2D eigenvalue weighted by Gasteiger charge is -2.38. The van der Waals surface area contributed by atoms with E-state index in [1.807, 2.05) is 0 Å². The van der Waals surface area contributed by atoms with Gasteiger partial charge in [-0.2, -0.15) is 0 Å². The van der Waals surface area contributed by atoms with Gasteiger partial charge in [0.1, 0.15) is 12.3 Å². The number of alkyl halides is 4. The Labute approximate surface area is 308 Å². The van der Waals surface area contributed by atoms with Gasteiger partial charge in [0, 0.05) is 18.9 Å². The lowest BCUT2D eigenvalue weighted by atomic mass is 9.69. The fourth-order valence-corrected chi connectivity index (χ4v) is 10.6. The van der Waals surface area contributed by atoms with Crippen molar-refractivity contribution in [2.24, 2.45) is 59.2 Å². The Morgan fingerprint density at radius 2 is 0.660 bits per heavy atom. The molecule has 0 saturated heterocycles. The lowest BCUT2D eigenvalue weighted by molar-refractivity contribution is -0.0840. The molecule has 8 unspecified atom stereocenters. The zero-order chi connectivity index (χ0) is 34.2. The highest BCUT2D eigenvalue weighted by Gasteiger charge is 2.41. The molecule has 0 aromatic carbocycles. The van der Waals surface area contributed by atoms with Gasteiger partial charge in [-0.3, -0.25) is 0 Å². The van der Waals surface area contributed by atoms with Gasteiger partial charge >= 0.3 is 0 Å². The molecule has 6 aliphatic carbocycles. The molecule has 8 heteroatoms. The quantitative estimate of drug-likeness (QED) is 0.233. The first kappa shape index (κ1) is 44.0. The summed E-state index contributed by atoms with van der Waals surface area (Å²) in [6, 6.07) is 0. The van der Waals surface area contributed by atoms with Crippen molar-refractivity contribution in [3.63, 3.8) is 0 Å². The van der Waals surface area contributed by atoms with Crippen molar-refractivity contribution in [1.82, 2.24) is 0 Å². The molecule has 0 aromatic heterocycles. The van der Waals surface area contributed by atoms with E-state index in [2.05, 4.69) is 13.8 Å². The van der Waals surface area contributed by atoms with E-state index in [0.717, 1.165) is 48.3 Å². The molecule has 0 heterocycles. The zero-order valence-corrected chi connectivity index (χ0v) is 32.1. The Kier molecular flexibility index (Phi) is 18.9. The second kappa shape index (κ2) is 21.4. The zero-order valence-electron chi connectivity index (χ0n) is 32.1.